The summed E-state index contributed by atoms with van der Waals surface area (Å²) in [5.41, 5.74) is 0.316. The fraction of sp³-hybridized carbons (Fsp3) is 0.588. The fourth-order valence-corrected chi connectivity index (χ4v) is 3.55. The number of hydrogen-bond donors (Lipinski definition) is 2. The van der Waals surface area contributed by atoms with E-state index in [9.17, 15) is 13.2 Å². The van der Waals surface area contributed by atoms with Gasteiger partial charge in [-0.25, -0.2) is 13.1 Å². The topological polar surface area (TPSA) is 106 Å². The summed E-state index contributed by atoms with van der Waals surface area (Å²) in [5.74, 6) is 0.326. The lowest BCUT2D eigenvalue weighted by atomic mass is 10.2. The van der Waals surface area contributed by atoms with E-state index in [1.54, 1.807) is 18.2 Å². The molecule has 1 aliphatic rings. The second-order valence-corrected chi connectivity index (χ2v) is 7.92. The van der Waals surface area contributed by atoms with E-state index in [1.807, 2.05) is 0 Å². The first-order valence-electron chi connectivity index (χ1n) is 8.73. The molecule has 152 valence electrons. The Hall–Kier alpha value is -1.88. The van der Waals surface area contributed by atoms with Crippen molar-refractivity contribution in [2.75, 3.05) is 65.9 Å². The molecule has 1 aromatic rings. The molecule has 1 saturated heterocycles. The molecule has 10 heteroatoms. The second kappa shape index (κ2) is 10.5. The Bertz CT molecular complexity index is 719. The highest BCUT2D eigenvalue weighted by molar-refractivity contribution is 7.89. The van der Waals surface area contributed by atoms with Gasteiger partial charge >= 0.3 is 0 Å². The number of hydrogen-bond acceptors (Lipinski definition) is 7. The van der Waals surface area contributed by atoms with Gasteiger partial charge in [0.15, 0.2) is 0 Å². The summed E-state index contributed by atoms with van der Waals surface area (Å²) in [6.07, 6.45) is 0. The lowest BCUT2D eigenvalue weighted by molar-refractivity contribution is 0.0390. The number of nitrogens with one attached hydrogen (secondary N) is 2. The van der Waals surface area contributed by atoms with Crippen molar-refractivity contribution in [1.82, 2.24) is 14.9 Å². The molecule has 1 fully saturated rings. The number of ether oxygens (including phenoxy) is 3. The SMILES string of the molecule is COc1ccc(C(=O)NCCS(=O)(=O)NCCN2CCOCC2)c(OC)c1. The van der Waals surface area contributed by atoms with Crippen LogP contribution >= 0.6 is 0 Å². The van der Waals surface area contributed by atoms with Crippen LogP contribution in [0, 0.1) is 0 Å². The Balaban J connectivity index is 1.76. The molecular formula is C17H27N3O6S. The van der Waals surface area contributed by atoms with Crippen LogP contribution in [0.25, 0.3) is 0 Å². The van der Waals surface area contributed by atoms with Gasteiger partial charge in [0.25, 0.3) is 5.91 Å². The molecule has 27 heavy (non-hydrogen) atoms. The number of morpholine rings is 1. The molecule has 1 aliphatic heterocycles. The summed E-state index contributed by atoms with van der Waals surface area (Å²) in [6, 6.07) is 4.81. The van der Waals surface area contributed by atoms with Gasteiger partial charge in [0.2, 0.25) is 10.0 Å². The van der Waals surface area contributed by atoms with Crippen molar-refractivity contribution < 1.29 is 27.4 Å². The van der Waals surface area contributed by atoms with E-state index >= 15 is 0 Å². The molecule has 9 nitrogen and oxygen atoms in total. The third kappa shape index (κ3) is 6.98. The molecule has 0 atom stereocenters. The van der Waals surface area contributed by atoms with Crippen LogP contribution in [-0.2, 0) is 14.8 Å². The highest BCUT2D eigenvalue weighted by atomic mass is 32.2. The van der Waals surface area contributed by atoms with Gasteiger partial charge in [-0.3, -0.25) is 9.69 Å². The molecule has 1 aromatic carbocycles. The molecule has 0 aliphatic carbocycles. The molecule has 0 unspecified atom stereocenters. The van der Waals surface area contributed by atoms with E-state index in [-0.39, 0.29) is 12.3 Å². The minimum Gasteiger partial charge on any atom is -0.497 e. The quantitative estimate of drug-likeness (QED) is 0.554. The van der Waals surface area contributed by atoms with Crippen molar-refractivity contribution in [1.29, 1.82) is 0 Å². The van der Waals surface area contributed by atoms with Gasteiger partial charge in [0, 0.05) is 38.8 Å². The maximum absolute atomic E-state index is 12.3. The number of nitrogens with zero attached hydrogens (tertiary/aromatic N) is 1. The smallest absolute Gasteiger partial charge is 0.255 e. The molecule has 1 amide bonds. The molecule has 0 spiro atoms. The Kier molecular flexibility index (Phi) is 8.29. The first-order valence-corrected chi connectivity index (χ1v) is 10.4. The van der Waals surface area contributed by atoms with Crippen molar-refractivity contribution in [3.05, 3.63) is 23.8 Å². The lowest BCUT2D eigenvalue weighted by Crippen LogP contribution is -2.42. The van der Waals surface area contributed by atoms with Crippen molar-refractivity contribution in [3.8, 4) is 11.5 Å². The van der Waals surface area contributed by atoms with Crippen LogP contribution in [0.3, 0.4) is 0 Å². The first-order chi connectivity index (χ1) is 12.9. The average molecular weight is 401 g/mol. The Morgan fingerprint density at radius 2 is 1.93 bits per heavy atom. The highest BCUT2D eigenvalue weighted by Crippen LogP contribution is 2.24. The van der Waals surface area contributed by atoms with E-state index in [0.29, 0.717) is 43.4 Å². The normalized spacial score (nSPS) is 15.3. The van der Waals surface area contributed by atoms with Gasteiger partial charge in [-0.05, 0) is 12.1 Å². The number of amides is 1. The Labute approximate surface area is 160 Å². The predicted molar refractivity (Wildman–Crippen MR) is 101 cm³/mol. The van der Waals surface area contributed by atoms with Crippen molar-refractivity contribution in [2.24, 2.45) is 0 Å². The van der Waals surface area contributed by atoms with Crippen molar-refractivity contribution in [2.45, 2.75) is 0 Å². The van der Waals surface area contributed by atoms with Gasteiger partial charge < -0.3 is 19.5 Å². The molecule has 0 radical (unpaired) electrons. The summed E-state index contributed by atoms with van der Waals surface area (Å²) < 4.78 is 42.2. The van der Waals surface area contributed by atoms with Gasteiger partial charge in [0.05, 0.1) is 38.7 Å². The second-order valence-electron chi connectivity index (χ2n) is 5.99. The van der Waals surface area contributed by atoms with E-state index in [0.717, 1.165) is 13.1 Å². The molecule has 0 saturated carbocycles. The van der Waals surface area contributed by atoms with Gasteiger partial charge in [0.1, 0.15) is 11.5 Å². The lowest BCUT2D eigenvalue weighted by Gasteiger charge is -2.26. The Morgan fingerprint density at radius 3 is 2.59 bits per heavy atom. The van der Waals surface area contributed by atoms with Crippen LogP contribution < -0.4 is 19.5 Å². The third-order valence-electron chi connectivity index (χ3n) is 4.16. The third-order valence-corrected chi connectivity index (χ3v) is 5.55. The number of sulfonamides is 1. The summed E-state index contributed by atoms with van der Waals surface area (Å²) in [5, 5.41) is 2.60. The maximum Gasteiger partial charge on any atom is 0.255 e. The average Bonchev–Trinajstić information content (AvgIpc) is 2.67. The number of carbonyl (C=O) groups is 1. The van der Waals surface area contributed by atoms with Gasteiger partial charge in [-0.15, -0.1) is 0 Å². The summed E-state index contributed by atoms with van der Waals surface area (Å²) in [6.45, 7) is 3.94. The zero-order valence-electron chi connectivity index (χ0n) is 15.7. The van der Waals surface area contributed by atoms with Crippen LogP contribution in [0.4, 0.5) is 0 Å². The fourth-order valence-electron chi connectivity index (χ4n) is 2.64. The minimum absolute atomic E-state index is 0.000897. The molecule has 2 rings (SSSR count). The summed E-state index contributed by atoms with van der Waals surface area (Å²) in [7, 11) is -0.488. The Morgan fingerprint density at radius 1 is 1.19 bits per heavy atom. The van der Waals surface area contributed by atoms with Crippen LogP contribution in [0.15, 0.2) is 18.2 Å². The monoisotopic (exact) mass is 401 g/mol. The van der Waals surface area contributed by atoms with Crippen LogP contribution in [-0.4, -0.2) is 85.1 Å². The van der Waals surface area contributed by atoms with Crippen molar-refractivity contribution >= 4 is 15.9 Å². The highest BCUT2D eigenvalue weighted by Gasteiger charge is 2.16. The molecule has 2 N–H and O–H groups in total. The first kappa shape index (κ1) is 21.4. The van der Waals surface area contributed by atoms with E-state index in [1.165, 1.54) is 14.2 Å². The van der Waals surface area contributed by atoms with Crippen LogP contribution in [0.2, 0.25) is 0 Å². The van der Waals surface area contributed by atoms with E-state index in [4.69, 9.17) is 14.2 Å². The minimum atomic E-state index is -3.46. The number of rotatable bonds is 10. The van der Waals surface area contributed by atoms with Crippen LogP contribution in [0.1, 0.15) is 10.4 Å². The van der Waals surface area contributed by atoms with Gasteiger partial charge in [-0.2, -0.15) is 0 Å². The van der Waals surface area contributed by atoms with Crippen molar-refractivity contribution in [3.63, 3.8) is 0 Å². The maximum atomic E-state index is 12.3. The zero-order valence-corrected chi connectivity index (χ0v) is 16.5. The van der Waals surface area contributed by atoms with Gasteiger partial charge in [-0.1, -0.05) is 0 Å². The number of carbonyl (C=O) groups excluding carboxylic acids is 1. The number of benzene rings is 1. The molecular weight excluding hydrogens is 374 g/mol. The molecule has 1 heterocycles. The number of methoxy groups -OCH3 is 2. The van der Waals surface area contributed by atoms with Crippen LogP contribution in [0.5, 0.6) is 11.5 Å². The van der Waals surface area contributed by atoms with E-state index in [2.05, 4.69) is 14.9 Å². The summed E-state index contributed by atoms with van der Waals surface area (Å²) in [4.78, 5) is 14.4. The standard InChI is InChI=1S/C17H27N3O6S/c1-24-14-3-4-15(16(13-14)25-2)17(21)18-6-12-27(22,23)19-5-7-20-8-10-26-11-9-20/h3-4,13,19H,5-12H2,1-2H3,(H,18,21). The molecule has 0 aromatic heterocycles. The summed E-state index contributed by atoms with van der Waals surface area (Å²) >= 11 is 0. The molecule has 0 bridgehead atoms. The van der Waals surface area contributed by atoms with E-state index < -0.39 is 15.9 Å². The zero-order chi connectivity index (χ0) is 19.7. The largest absolute Gasteiger partial charge is 0.497 e. The predicted octanol–water partition coefficient (Wildman–Crippen LogP) is -0.315.